The molecule has 2 aromatic carbocycles. The zero-order chi connectivity index (χ0) is 17.1. The number of nitrogens with one attached hydrogen (secondary N) is 1. The molecule has 0 spiro atoms. The third kappa shape index (κ3) is 4.73. The minimum Gasteiger partial charge on any atom is -0.398 e. The number of carbonyl (C=O) groups is 2. The van der Waals surface area contributed by atoms with Crippen LogP contribution in [-0.2, 0) is 11.3 Å². The number of para-hydroxylation sites is 1. The van der Waals surface area contributed by atoms with Crippen molar-refractivity contribution < 1.29 is 9.59 Å². The predicted octanol–water partition coefficient (Wildman–Crippen LogP) is 3.45. The molecule has 25 heavy (non-hydrogen) atoms. The topological polar surface area (TPSA) is 75.4 Å². The Hall–Kier alpha value is -2.53. The Balaban J connectivity index is 0.00000225. The largest absolute Gasteiger partial charge is 0.398 e. The standard InChI is InChI=1S/C19H21N3O2.ClH/c1-13(23)22(16-10-11-16)12-14-6-8-15(9-7-14)21-19(24)17-4-2-3-5-18(17)20;/h2-9,16H,10-12,20H2,1H3,(H,21,24);1H. The molecule has 3 N–H and O–H groups in total. The maximum absolute atomic E-state index is 12.2. The second-order valence-electron chi connectivity index (χ2n) is 6.12. The number of rotatable bonds is 5. The van der Waals surface area contributed by atoms with Gasteiger partial charge in [-0.1, -0.05) is 24.3 Å². The molecule has 5 nitrogen and oxygen atoms in total. The lowest BCUT2D eigenvalue weighted by molar-refractivity contribution is -0.130. The van der Waals surface area contributed by atoms with E-state index in [1.165, 1.54) is 0 Å². The first-order chi connectivity index (χ1) is 11.5. The number of benzene rings is 2. The third-order valence-corrected chi connectivity index (χ3v) is 4.16. The summed E-state index contributed by atoms with van der Waals surface area (Å²) in [5.41, 5.74) is 8.48. The van der Waals surface area contributed by atoms with Gasteiger partial charge in [0.2, 0.25) is 5.91 Å². The van der Waals surface area contributed by atoms with Gasteiger partial charge in [0, 0.05) is 30.9 Å². The first-order valence-corrected chi connectivity index (χ1v) is 8.06. The first-order valence-electron chi connectivity index (χ1n) is 8.06. The Morgan fingerprint density at radius 1 is 1.12 bits per heavy atom. The molecular weight excluding hydrogens is 338 g/mol. The second-order valence-corrected chi connectivity index (χ2v) is 6.12. The van der Waals surface area contributed by atoms with Gasteiger partial charge in [-0.25, -0.2) is 0 Å². The molecule has 2 aromatic rings. The molecule has 0 aromatic heterocycles. The van der Waals surface area contributed by atoms with Crippen molar-refractivity contribution in [3.05, 3.63) is 59.7 Å². The number of amides is 2. The summed E-state index contributed by atoms with van der Waals surface area (Å²) >= 11 is 0. The Morgan fingerprint density at radius 2 is 1.76 bits per heavy atom. The van der Waals surface area contributed by atoms with Crippen LogP contribution in [0.5, 0.6) is 0 Å². The van der Waals surface area contributed by atoms with Crippen LogP contribution in [-0.4, -0.2) is 22.8 Å². The van der Waals surface area contributed by atoms with E-state index in [1.54, 1.807) is 31.2 Å². The molecule has 6 heteroatoms. The number of hydrogen-bond acceptors (Lipinski definition) is 3. The number of carbonyl (C=O) groups excluding carboxylic acids is 2. The summed E-state index contributed by atoms with van der Waals surface area (Å²) < 4.78 is 0. The lowest BCUT2D eigenvalue weighted by atomic mass is 10.1. The fraction of sp³-hybridized carbons (Fsp3) is 0.263. The van der Waals surface area contributed by atoms with Gasteiger partial charge in [-0.3, -0.25) is 9.59 Å². The molecule has 1 aliphatic carbocycles. The molecule has 132 valence electrons. The number of halogens is 1. The van der Waals surface area contributed by atoms with Crippen molar-refractivity contribution in [2.24, 2.45) is 0 Å². The van der Waals surface area contributed by atoms with Crippen LogP contribution >= 0.6 is 12.4 Å². The summed E-state index contributed by atoms with van der Waals surface area (Å²) in [7, 11) is 0. The van der Waals surface area contributed by atoms with Crippen molar-refractivity contribution in [2.75, 3.05) is 11.1 Å². The summed E-state index contributed by atoms with van der Waals surface area (Å²) in [6.07, 6.45) is 2.18. The van der Waals surface area contributed by atoms with Gasteiger partial charge >= 0.3 is 0 Å². The first kappa shape index (κ1) is 18.8. The fourth-order valence-electron chi connectivity index (χ4n) is 2.68. The highest BCUT2D eigenvalue weighted by Gasteiger charge is 2.30. The molecule has 0 bridgehead atoms. The molecule has 0 aliphatic heterocycles. The van der Waals surface area contributed by atoms with Gasteiger partial charge in [-0.2, -0.15) is 0 Å². The number of nitrogens with two attached hydrogens (primary N) is 1. The zero-order valence-electron chi connectivity index (χ0n) is 14.1. The average Bonchev–Trinajstić information content (AvgIpc) is 3.39. The Kier molecular flexibility index (Phi) is 6.04. The lowest BCUT2D eigenvalue weighted by Crippen LogP contribution is -2.30. The smallest absolute Gasteiger partial charge is 0.257 e. The fourth-order valence-corrected chi connectivity index (χ4v) is 2.68. The SMILES string of the molecule is CC(=O)N(Cc1ccc(NC(=O)c2ccccc2N)cc1)C1CC1.Cl. The van der Waals surface area contributed by atoms with Gasteiger partial charge in [0.05, 0.1) is 5.56 Å². The maximum Gasteiger partial charge on any atom is 0.257 e. The van der Waals surface area contributed by atoms with Crippen LogP contribution in [0.15, 0.2) is 48.5 Å². The Bertz CT molecular complexity index is 758. The van der Waals surface area contributed by atoms with E-state index in [2.05, 4.69) is 5.32 Å². The number of nitrogens with zero attached hydrogens (tertiary/aromatic N) is 1. The number of hydrogen-bond donors (Lipinski definition) is 2. The van der Waals surface area contributed by atoms with E-state index in [4.69, 9.17) is 5.73 Å². The highest BCUT2D eigenvalue weighted by Crippen LogP contribution is 2.28. The maximum atomic E-state index is 12.2. The molecule has 0 atom stereocenters. The van der Waals surface area contributed by atoms with E-state index >= 15 is 0 Å². The number of anilines is 2. The highest BCUT2D eigenvalue weighted by molar-refractivity contribution is 6.07. The van der Waals surface area contributed by atoms with Crippen LogP contribution < -0.4 is 11.1 Å². The molecule has 1 fully saturated rings. The average molecular weight is 360 g/mol. The van der Waals surface area contributed by atoms with Gasteiger partial charge in [0.25, 0.3) is 5.91 Å². The summed E-state index contributed by atoms with van der Waals surface area (Å²) in [5, 5.41) is 2.84. The van der Waals surface area contributed by atoms with Crippen LogP contribution in [0.2, 0.25) is 0 Å². The highest BCUT2D eigenvalue weighted by atomic mass is 35.5. The molecule has 0 radical (unpaired) electrons. The van der Waals surface area contributed by atoms with Crippen molar-refractivity contribution in [3.8, 4) is 0 Å². The molecule has 1 saturated carbocycles. The Labute approximate surface area is 153 Å². The van der Waals surface area contributed by atoms with Gasteiger partial charge < -0.3 is 16.0 Å². The molecule has 3 rings (SSSR count). The van der Waals surface area contributed by atoms with E-state index in [1.807, 2.05) is 29.2 Å². The van der Waals surface area contributed by atoms with Crippen molar-refractivity contribution in [2.45, 2.75) is 32.4 Å². The minimum atomic E-state index is -0.232. The summed E-state index contributed by atoms with van der Waals surface area (Å²) in [5.74, 6) is -0.126. The minimum absolute atomic E-state index is 0. The van der Waals surface area contributed by atoms with Crippen molar-refractivity contribution in [1.82, 2.24) is 4.90 Å². The lowest BCUT2D eigenvalue weighted by Gasteiger charge is -2.20. The van der Waals surface area contributed by atoms with E-state index in [0.717, 1.165) is 18.4 Å². The predicted molar refractivity (Wildman–Crippen MR) is 102 cm³/mol. The van der Waals surface area contributed by atoms with E-state index in [0.29, 0.717) is 29.5 Å². The molecular formula is C19H22ClN3O2. The zero-order valence-corrected chi connectivity index (χ0v) is 14.9. The van der Waals surface area contributed by atoms with E-state index in [9.17, 15) is 9.59 Å². The van der Waals surface area contributed by atoms with Gasteiger partial charge in [0.1, 0.15) is 0 Å². The monoisotopic (exact) mass is 359 g/mol. The summed E-state index contributed by atoms with van der Waals surface area (Å²) in [6, 6.07) is 14.9. The summed E-state index contributed by atoms with van der Waals surface area (Å²) in [6.45, 7) is 2.22. The number of nitrogen functional groups attached to an aromatic ring is 1. The van der Waals surface area contributed by atoms with Crippen molar-refractivity contribution >= 4 is 35.6 Å². The van der Waals surface area contributed by atoms with Crippen LogP contribution in [0.1, 0.15) is 35.7 Å². The normalized spacial score (nSPS) is 12.8. The van der Waals surface area contributed by atoms with Gasteiger partial charge in [0.15, 0.2) is 0 Å². The third-order valence-electron chi connectivity index (χ3n) is 4.16. The molecule has 0 heterocycles. The quantitative estimate of drug-likeness (QED) is 0.803. The van der Waals surface area contributed by atoms with Gasteiger partial charge in [-0.05, 0) is 42.7 Å². The van der Waals surface area contributed by atoms with Crippen LogP contribution in [0.3, 0.4) is 0 Å². The second kappa shape index (κ2) is 8.03. The van der Waals surface area contributed by atoms with Crippen LogP contribution in [0.25, 0.3) is 0 Å². The Morgan fingerprint density at radius 3 is 2.32 bits per heavy atom. The summed E-state index contributed by atoms with van der Waals surface area (Å²) in [4.78, 5) is 25.8. The van der Waals surface area contributed by atoms with E-state index < -0.39 is 0 Å². The molecule has 2 amide bonds. The van der Waals surface area contributed by atoms with Crippen LogP contribution in [0, 0.1) is 0 Å². The van der Waals surface area contributed by atoms with Crippen LogP contribution in [0.4, 0.5) is 11.4 Å². The molecule has 0 unspecified atom stereocenters. The molecule has 1 aliphatic rings. The van der Waals surface area contributed by atoms with Crippen molar-refractivity contribution in [1.29, 1.82) is 0 Å². The molecule has 0 saturated heterocycles. The van der Waals surface area contributed by atoms with Gasteiger partial charge in [-0.15, -0.1) is 12.4 Å². The van der Waals surface area contributed by atoms with E-state index in [-0.39, 0.29) is 24.2 Å². The van der Waals surface area contributed by atoms with Crippen molar-refractivity contribution in [3.63, 3.8) is 0 Å².